The van der Waals surface area contributed by atoms with Gasteiger partial charge in [0.1, 0.15) is 5.75 Å². The number of unbranched alkanes of at least 4 members (excludes halogenated alkanes) is 3. The molecule has 3 N–H and O–H groups in total. The van der Waals surface area contributed by atoms with Gasteiger partial charge in [-0.05, 0) is 31.0 Å². The number of hydrogen-bond donors (Lipinski definition) is 2. The van der Waals surface area contributed by atoms with Crippen molar-refractivity contribution in [2.45, 2.75) is 39.5 Å². The first-order valence-corrected chi connectivity index (χ1v) is 8.23. The summed E-state index contributed by atoms with van der Waals surface area (Å²) in [5, 5.41) is 0.730. The van der Waals surface area contributed by atoms with Crippen LogP contribution in [0.25, 0.3) is 10.4 Å². The van der Waals surface area contributed by atoms with Gasteiger partial charge in [-0.1, -0.05) is 49.7 Å². The maximum atomic E-state index is 5.83. The van der Waals surface area contributed by atoms with Crippen LogP contribution in [0.1, 0.15) is 38.3 Å². The molecule has 21 heavy (non-hydrogen) atoms. The Morgan fingerprint density at radius 3 is 2.86 bits per heavy atom. The number of aromatic nitrogens is 1. The number of nitrogens with zero attached hydrogens (tertiary/aromatic N) is 1. The van der Waals surface area contributed by atoms with E-state index in [4.69, 9.17) is 10.6 Å². The number of rotatable bonds is 8. The Bertz CT molecular complexity index is 568. The highest BCUT2D eigenvalue weighted by Gasteiger charge is 2.09. The largest absolute Gasteiger partial charge is 0.494 e. The first-order chi connectivity index (χ1) is 10.2. The first kappa shape index (κ1) is 15.8. The number of aryl methyl sites for hydroxylation is 1. The molecule has 0 aliphatic rings. The zero-order valence-corrected chi connectivity index (χ0v) is 13.5. The fourth-order valence-corrected chi connectivity index (χ4v) is 3.04. The van der Waals surface area contributed by atoms with Crippen molar-refractivity contribution in [3.63, 3.8) is 0 Å². The molecule has 1 heterocycles. The van der Waals surface area contributed by atoms with Gasteiger partial charge in [0.05, 0.1) is 17.2 Å². The maximum absolute atomic E-state index is 5.83. The minimum atomic E-state index is 0.730. The Balaban J connectivity index is 2.01. The zero-order chi connectivity index (χ0) is 15.1. The molecule has 0 atom stereocenters. The van der Waals surface area contributed by atoms with Gasteiger partial charge in [-0.2, -0.15) is 0 Å². The molecule has 2 rings (SSSR count). The van der Waals surface area contributed by atoms with Crippen LogP contribution < -0.4 is 16.0 Å². The molecular formula is C16H23N3OS. The summed E-state index contributed by atoms with van der Waals surface area (Å²) in [5.41, 5.74) is 4.70. The van der Waals surface area contributed by atoms with Crippen molar-refractivity contribution >= 4 is 16.5 Å². The molecule has 0 unspecified atom stereocenters. The summed E-state index contributed by atoms with van der Waals surface area (Å²) < 4.78 is 5.83. The first-order valence-electron chi connectivity index (χ1n) is 7.42. The van der Waals surface area contributed by atoms with Crippen LogP contribution in [-0.2, 0) is 0 Å². The van der Waals surface area contributed by atoms with Crippen LogP contribution in [0.15, 0.2) is 24.3 Å². The number of nitrogens with two attached hydrogens (primary N) is 1. The normalized spacial score (nSPS) is 10.6. The van der Waals surface area contributed by atoms with Crippen molar-refractivity contribution in [2.24, 2.45) is 5.84 Å². The summed E-state index contributed by atoms with van der Waals surface area (Å²) >= 11 is 1.55. The average Bonchev–Trinajstić information content (AvgIpc) is 2.88. The van der Waals surface area contributed by atoms with Crippen LogP contribution in [0, 0.1) is 6.92 Å². The highest BCUT2D eigenvalue weighted by Crippen LogP contribution is 2.33. The molecule has 1 aromatic heterocycles. The van der Waals surface area contributed by atoms with Crippen LogP contribution in [-0.4, -0.2) is 11.6 Å². The topological polar surface area (TPSA) is 60.2 Å². The summed E-state index contributed by atoms with van der Waals surface area (Å²) in [6, 6.07) is 8.17. The molecule has 0 spiro atoms. The van der Waals surface area contributed by atoms with Gasteiger partial charge in [-0.25, -0.2) is 10.8 Å². The number of nitrogens with one attached hydrogen (secondary N) is 1. The second-order valence-electron chi connectivity index (χ2n) is 5.01. The lowest BCUT2D eigenvalue weighted by Crippen LogP contribution is -2.05. The summed E-state index contributed by atoms with van der Waals surface area (Å²) in [5.74, 6) is 6.33. The Hall–Kier alpha value is -1.59. The lowest BCUT2D eigenvalue weighted by atomic mass is 10.1. The molecule has 0 amide bonds. The Labute approximate surface area is 130 Å². The van der Waals surface area contributed by atoms with E-state index in [0.29, 0.717) is 0 Å². The third-order valence-electron chi connectivity index (χ3n) is 3.28. The van der Waals surface area contributed by atoms with Crippen molar-refractivity contribution in [3.05, 3.63) is 30.0 Å². The van der Waals surface area contributed by atoms with Gasteiger partial charge in [0.25, 0.3) is 0 Å². The number of anilines is 1. The predicted molar refractivity (Wildman–Crippen MR) is 89.7 cm³/mol. The number of benzene rings is 1. The van der Waals surface area contributed by atoms with Crippen molar-refractivity contribution in [1.82, 2.24) is 4.98 Å². The van der Waals surface area contributed by atoms with Crippen molar-refractivity contribution in [2.75, 3.05) is 12.0 Å². The van der Waals surface area contributed by atoms with E-state index in [-0.39, 0.29) is 0 Å². The van der Waals surface area contributed by atoms with Crippen molar-refractivity contribution in [1.29, 1.82) is 0 Å². The molecule has 0 bridgehead atoms. The average molecular weight is 305 g/mol. The quantitative estimate of drug-likeness (QED) is 0.432. The van der Waals surface area contributed by atoms with Gasteiger partial charge >= 0.3 is 0 Å². The predicted octanol–water partition coefficient (Wildman–Crippen LogP) is 4.36. The zero-order valence-electron chi connectivity index (χ0n) is 12.7. The third-order valence-corrected chi connectivity index (χ3v) is 4.42. The van der Waals surface area contributed by atoms with Gasteiger partial charge in [0.2, 0.25) is 0 Å². The van der Waals surface area contributed by atoms with Crippen LogP contribution in [0.4, 0.5) is 5.13 Å². The monoisotopic (exact) mass is 305 g/mol. The molecule has 0 aliphatic carbocycles. The summed E-state index contributed by atoms with van der Waals surface area (Å²) in [6.45, 7) is 4.98. The third kappa shape index (κ3) is 4.44. The van der Waals surface area contributed by atoms with E-state index in [0.717, 1.165) is 40.0 Å². The van der Waals surface area contributed by atoms with E-state index < -0.39 is 0 Å². The summed E-state index contributed by atoms with van der Waals surface area (Å²) in [4.78, 5) is 5.50. The lowest BCUT2D eigenvalue weighted by Gasteiger charge is -2.07. The summed E-state index contributed by atoms with van der Waals surface area (Å²) in [6.07, 6.45) is 4.87. The van der Waals surface area contributed by atoms with Gasteiger partial charge in [0, 0.05) is 0 Å². The second-order valence-corrected chi connectivity index (χ2v) is 6.01. The molecule has 1 aromatic carbocycles. The molecule has 0 radical (unpaired) electrons. The molecule has 4 nitrogen and oxygen atoms in total. The SMILES string of the molecule is CCCCCCOc1cccc(-c2sc(NN)nc2C)c1. The van der Waals surface area contributed by atoms with Gasteiger partial charge in [-0.3, -0.25) is 5.43 Å². The lowest BCUT2D eigenvalue weighted by molar-refractivity contribution is 0.305. The molecule has 0 aliphatic heterocycles. The second kappa shape index (κ2) is 8.00. The van der Waals surface area contributed by atoms with E-state index in [1.807, 2.05) is 19.1 Å². The van der Waals surface area contributed by atoms with Crippen LogP contribution >= 0.6 is 11.3 Å². The fraction of sp³-hybridized carbons (Fsp3) is 0.438. The van der Waals surface area contributed by atoms with Crippen LogP contribution in [0.2, 0.25) is 0 Å². The Kier molecular flexibility index (Phi) is 6.02. The Morgan fingerprint density at radius 2 is 2.14 bits per heavy atom. The highest BCUT2D eigenvalue weighted by molar-refractivity contribution is 7.19. The molecule has 0 saturated carbocycles. The van der Waals surface area contributed by atoms with Crippen molar-refractivity contribution in [3.8, 4) is 16.2 Å². The number of hydrazine groups is 1. The Morgan fingerprint density at radius 1 is 1.29 bits per heavy atom. The molecule has 114 valence electrons. The smallest absolute Gasteiger partial charge is 0.197 e. The minimum absolute atomic E-state index is 0.730. The number of nitrogen functional groups attached to an aromatic ring is 1. The van der Waals surface area contributed by atoms with E-state index in [1.165, 1.54) is 19.3 Å². The molecule has 0 fully saturated rings. The standard InChI is InChI=1S/C16H23N3OS/c1-3-4-5-6-10-20-14-9-7-8-13(11-14)15-12(2)18-16(19-17)21-15/h7-9,11H,3-6,10,17H2,1-2H3,(H,18,19). The number of hydrogen-bond acceptors (Lipinski definition) is 5. The maximum Gasteiger partial charge on any atom is 0.197 e. The molecule has 2 aromatic rings. The van der Waals surface area contributed by atoms with E-state index in [1.54, 1.807) is 11.3 Å². The van der Waals surface area contributed by atoms with Gasteiger partial charge < -0.3 is 4.74 Å². The minimum Gasteiger partial charge on any atom is -0.494 e. The summed E-state index contributed by atoms with van der Waals surface area (Å²) in [7, 11) is 0. The van der Waals surface area contributed by atoms with Crippen LogP contribution in [0.5, 0.6) is 5.75 Å². The number of ether oxygens (including phenoxy) is 1. The molecule has 0 saturated heterocycles. The van der Waals surface area contributed by atoms with E-state index in [2.05, 4.69) is 29.5 Å². The van der Waals surface area contributed by atoms with Crippen LogP contribution in [0.3, 0.4) is 0 Å². The fourth-order valence-electron chi connectivity index (χ4n) is 2.17. The highest BCUT2D eigenvalue weighted by atomic mass is 32.1. The molecule has 5 heteroatoms. The number of thiazole rings is 1. The molecular weight excluding hydrogens is 282 g/mol. The van der Waals surface area contributed by atoms with Gasteiger partial charge in [0.15, 0.2) is 5.13 Å². The van der Waals surface area contributed by atoms with Crippen molar-refractivity contribution < 1.29 is 4.74 Å². The van der Waals surface area contributed by atoms with E-state index in [9.17, 15) is 0 Å². The van der Waals surface area contributed by atoms with Gasteiger partial charge in [-0.15, -0.1) is 0 Å². The van der Waals surface area contributed by atoms with E-state index >= 15 is 0 Å².